The average Bonchev–Trinajstić information content (AvgIpc) is 2.92. The molecule has 102 valence electrons. The highest BCUT2D eigenvalue weighted by Crippen LogP contribution is 2.13. The minimum absolute atomic E-state index is 0.317. The first-order valence-electron chi connectivity index (χ1n) is 5.95. The fourth-order valence-corrected chi connectivity index (χ4v) is 2.16. The molecule has 20 heavy (non-hydrogen) atoms. The third-order valence-electron chi connectivity index (χ3n) is 3.12. The van der Waals surface area contributed by atoms with E-state index in [1.54, 1.807) is 11.7 Å². The summed E-state index contributed by atoms with van der Waals surface area (Å²) in [7, 11) is 2.84. The summed E-state index contributed by atoms with van der Waals surface area (Å²) in [6.07, 6.45) is 1.43. The van der Waals surface area contributed by atoms with Crippen molar-refractivity contribution in [2.24, 2.45) is 7.05 Å². The van der Waals surface area contributed by atoms with Gasteiger partial charge in [-0.05, 0) is 12.1 Å². The summed E-state index contributed by atoms with van der Waals surface area (Å²) >= 11 is 0. The molecule has 0 N–H and O–H groups in total. The summed E-state index contributed by atoms with van der Waals surface area (Å²) in [6.45, 7) is 0. The first kappa shape index (κ1) is 12.2. The summed E-state index contributed by atoms with van der Waals surface area (Å²) < 4.78 is 3.59. The van der Waals surface area contributed by atoms with Crippen LogP contribution in [0.15, 0.2) is 46.1 Å². The molecule has 0 aliphatic carbocycles. The maximum absolute atomic E-state index is 12.1. The van der Waals surface area contributed by atoms with Crippen molar-refractivity contribution in [3.8, 4) is 5.69 Å². The van der Waals surface area contributed by atoms with Crippen LogP contribution in [0.1, 0.15) is 0 Å². The molecule has 1 aromatic carbocycles. The van der Waals surface area contributed by atoms with Gasteiger partial charge in [0.15, 0.2) is 5.65 Å². The van der Waals surface area contributed by atoms with Gasteiger partial charge >= 0.3 is 11.2 Å². The molecule has 2 heterocycles. The largest absolute Gasteiger partial charge is 0.409 e. The van der Waals surface area contributed by atoms with Crippen LogP contribution in [0.4, 0.5) is 0 Å². The number of hydrogen-bond acceptors (Lipinski definition) is 4. The lowest BCUT2D eigenvalue weighted by Gasteiger charge is -2.09. The number of aromatic nitrogens is 4. The van der Waals surface area contributed by atoms with E-state index in [0.29, 0.717) is 15.8 Å². The van der Waals surface area contributed by atoms with Crippen LogP contribution in [0.25, 0.3) is 16.7 Å². The fraction of sp³-hybridized carbons (Fsp3) is 0.154. The molecule has 0 saturated carbocycles. The Morgan fingerprint density at radius 3 is 2.50 bits per heavy atom. The number of fused-ring (bicyclic) bond motifs is 1. The zero-order valence-electron chi connectivity index (χ0n) is 11.0. The second-order valence-corrected chi connectivity index (χ2v) is 4.25. The molecule has 7 heteroatoms. The van der Waals surface area contributed by atoms with Crippen LogP contribution in [-0.2, 0) is 7.05 Å². The van der Waals surface area contributed by atoms with E-state index in [1.807, 2.05) is 30.3 Å². The van der Waals surface area contributed by atoms with E-state index in [9.17, 15) is 9.59 Å². The SMILES string of the molecule is COn1c(=O)c2cnn(-c3ccccc3)c2n(C)c1=O. The van der Waals surface area contributed by atoms with Crippen molar-refractivity contribution in [1.82, 2.24) is 19.1 Å². The Labute approximate surface area is 113 Å². The fourth-order valence-electron chi connectivity index (χ4n) is 2.16. The number of nitrogens with zero attached hydrogens (tertiary/aromatic N) is 4. The summed E-state index contributed by atoms with van der Waals surface area (Å²) in [5, 5.41) is 4.51. The van der Waals surface area contributed by atoms with Crippen molar-refractivity contribution in [1.29, 1.82) is 0 Å². The van der Waals surface area contributed by atoms with Crippen molar-refractivity contribution in [3.05, 3.63) is 57.4 Å². The normalized spacial score (nSPS) is 10.9. The second-order valence-electron chi connectivity index (χ2n) is 4.25. The predicted molar refractivity (Wildman–Crippen MR) is 73.1 cm³/mol. The van der Waals surface area contributed by atoms with E-state index in [1.165, 1.54) is 17.9 Å². The summed E-state index contributed by atoms with van der Waals surface area (Å²) in [6, 6.07) is 9.29. The van der Waals surface area contributed by atoms with Crippen molar-refractivity contribution in [2.75, 3.05) is 7.11 Å². The minimum Gasteiger partial charge on any atom is -0.409 e. The van der Waals surface area contributed by atoms with E-state index >= 15 is 0 Å². The molecular weight excluding hydrogens is 260 g/mol. The van der Waals surface area contributed by atoms with Crippen LogP contribution >= 0.6 is 0 Å². The molecule has 0 saturated heterocycles. The third-order valence-corrected chi connectivity index (χ3v) is 3.12. The molecule has 7 nitrogen and oxygen atoms in total. The number of benzene rings is 1. The van der Waals surface area contributed by atoms with Crippen LogP contribution in [0.5, 0.6) is 0 Å². The van der Waals surface area contributed by atoms with E-state index in [4.69, 9.17) is 4.84 Å². The van der Waals surface area contributed by atoms with Gasteiger partial charge in [0, 0.05) is 7.05 Å². The van der Waals surface area contributed by atoms with Gasteiger partial charge < -0.3 is 4.84 Å². The highest BCUT2D eigenvalue weighted by molar-refractivity contribution is 5.75. The van der Waals surface area contributed by atoms with Gasteiger partial charge in [0.25, 0.3) is 0 Å². The van der Waals surface area contributed by atoms with Gasteiger partial charge in [-0.15, -0.1) is 0 Å². The van der Waals surface area contributed by atoms with Gasteiger partial charge in [0.2, 0.25) is 0 Å². The number of para-hydroxylation sites is 1. The first-order valence-corrected chi connectivity index (χ1v) is 5.95. The highest BCUT2D eigenvalue weighted by Gasteiger charge is 2.16. The second kappa shape index (κ2) is 4.37. The molecule has 0 aliphatic heterocycles. The van der Waals surface area contributed by atoms with Gasteiger partial charge in [0.05, 0.1) is 11.9 Å². The monoisotopic (exact) mass is 272 g/mol. The van der Waals surface area contributed by atoms with Gasteiger partial charge in [-0.1, -0.05) is 22.9 Å². The van der Waals surface area contributed by atoms with E-state index in [0.717, 1.165) is 5.69 Å². The summed E-state index contributed by atoms with van der Waals surface area (Å²) in [4.78, 5) is 29.0. The van der Waals surface area contributed by atoms with E-state index < -0.39 is 11.2 Å². The number of aryl methyl sites for hydroxylation is 1. The maximum Gasteiger partial charge on any atom is 0.366 e. The number of hydrogen-bond donors (Lipinski definition) is 0. The molecule has 0 unspecified atom stereocenters. The van der Waals surface area contributed by atoms with Crippen LogP contribution in [0.3, 0.4) is 0 Å². The highest BCUT2D eigenvalue weighted by atomic mass is 16.7. The van der Waals surface area contributed by atoms with Gasteiger partial charge in [-0.2, -0.15) is 5.10 Å². The topological polar surface area (TPSA) is 71.1 Å². The zero-order chi connectivity index (χ0) is 14.3. The predicted octanol–water partition coefficient (Wildman–Crippen LogP) is -0.0557. The zero-order valence-corrected chi connectivity index (χ0v) is 11.0. The van der Waals surface area contributed by atoms with Crippen molar-refractivity contribution < 1.29 is 4.84 Å². The Balaban J connectivity index is 2.46. The Morgan fingerprint density at radius 1 is 1.15 bits per heavy atom. The minimum atomic E-state index is -0.553. The molecule has 3 aromatic rings. The molecule has 2 aromatic heterocycles. The standard InChI is InChI=1S/C13H12N4O3/c1-15-11-10(12(18)17(20-2)13(15)19)8-14-16(11)9-6-4-3-5-7-9/h3-8H,1-2H3. The summed E-state index contributed by atoms with van der Waals surface area (Å²) in [5.74, 6) is 0. The summed E-state index contributed by atoms with van der Waals surface area (Å²) in [5.41, 5.74) is 0.127. The van der Waals surface area contributed by atoms with Gasteiger partial charge in [0.1, 0.15) is 12.5 Å². The van der Waals surface area contributed by atoms with Crippen LogP contribution in [0.2, 0.25) is 0 Å². The maximum atomic E-state index is 12.1. The van der Waals surface area contributed by atoms with Crippen LogP contribution < -0.4 is 16.1 Å². The third kappa shape index (κ3) is 1.56. The number of rotatable bonds is 2. The quantitative estimate of drug-likeness (QED) is 0.655. The van der Waals surface area contributed by atoms with Crippen molar-refractivity contribution >= 4 is 11.0 Å². The lowest BCUT2D eigenvalue weighted by atomic mass is 10.3. The Bertz CT molecular complexity index is 890. The molecule has 0 aliphatic rings. The smallest absolute Gasteiger partial charge is 0.366 e. The molecule has 0 radical (unpaired) electrons. The first-order chi connectivity index (χ1) is 9.65. The van der Waals surface area contributed by atoms with Crippen LogP contribution in [0, 0.1) is 0 Å². The van der Waals surface area contributed by atoms with E-state index in [-0.39, 0.29) is 0 Å². The Morgan fingerprint density at radius 2 is 1.85 bits per heavy atom. The Hall–Kier alpha value is -2.83. The molecule has 0 atom stereocenters. The Kier molecular flexibility index (Phi) is 2.67. The average molecular weight is 272 g/mol. The molecule has 0 spiro atoms. The van der Waals surface area contributed by atoms with Crippen molar-refractivity contribution in [2.45, 2.75) is 0 Å². The van der Waals surface area contributed by atoms with Gasteiger partial charge in [-0.25, -0.2) is 9.48 Å². The van der Waals surface area contributed by atoms with E-state index in [2.05, 4.69) is 5.10 Å². The lowest BCUT2D eigenvalue weighted by Crippen LogP contribution is -2.42. The van der Waals surface area contributed by atoms with Crippen molar-refractivity contribution in [3.63, 3.8) is 0 Å². The molecule has 0 amide bonds. The molecule has 3 rings (SSSR count). The molecule has 0 bridgehead atoms. The molecular formula is C13H12N4O3. The van der Waals surface area contributed by atoms with Crippen LogP contribution in [-0.4, -0.2) is 26.2 Å². The lowest BCUT2D eigenvalue weighted by molar-refractivity contribution is 0.143. The molecule has 0 fully saturated rings. The van der Waals surface area contributed by atoms with Gasteiger partial charge in [-0.3, -0.25) is 9.36 Å².